The normalized spacial score (nSPS) is 12.0. The minimum Gasteiger partial charge on any atom is -0.505 e. The van der Waals surface area contributed by atoms with Crippen molar-refractivity contribution in [3.8, 4) is 23.0 Å². The number of aryl methyl sites for hydroxylation is 1. The van der Waals surface area contributed by atoms with E-state index < -0.39 is 92.6 Å². The second-order valence-corrected chi connectivity index (χ2v) is 46.5. The highest BCUT2D eigenvalue weighted by Crippen LogP contribution is 2.48. The summed E-state index contributed by atoms with van der Waals surface area (Å²) in [6, 6.07) is 52.8. The Labute approximate surface area is 773 Å². The van der Waals surface area contributed by atoms with Crippen LogP contribution in [0.3, 0.4) is 0 Å². The summed E-state index contributed by atoms with van der Waals surface area (Å²) in [7, 11) is -4.08. The molecule has 8 aromatic heterocycles. The molecule has 15 nitrogen and oxygen atoms in total. The first-order valence-corrected chi connectivity index (χ1v) is 48.4. The van der Waals surface area contributed by atoms with Crippen LogP contribution in [0, 0.1) is 65.1 Å². The maximum atomic E-state index is 15.3. The van der Waals surface area contributed by atoms with Crippen LogP contribution in [0.1, 0.15) is 161 Å². The van der Waals surface area contributed by atoms with Gasteiger partial charge >= 0.3 is 0 Å². The Kier molecular flexibility index (Phi) is 34.0. The van der Waals surface area contributed by atoms with Gasteiger partial charge < -0.3 is 48.0 Å². The molecule has 0 saturated heterocycles. The van der Waals surface area contributed by atoms with Gasteiger partial charge in [-0.2, -0.15) is 0 Å². The molecule has 16 aromatic rings. The maximum Gasteiger partial charge on any atom is 0.171 e. The highest BCUT2D eigenvalue weighted by molar-refractivity contribution is 9.10. The second-order valence-electron chi connectivity index (χ2n) is 33.4. The van der Waals surface area contributed by atoms with Crippen molar-refractivity contribution in [2.24, 2.45) is 0 Å². The smallest absolute Gasteiger partial charge is 0.171 e. The van der Waals surface area contributed by atoms with Gasteiger partial charge in [-0.15, -0.1) is 0 Å². The summed E-state index contributed by atoms with van der Waals surface area (Å²) in [4.78, 5) is 35.0. The summed E-state index contributed by atoms with van der Waals surface area (Å²) in [5.41, 5.74) is 11.4. The van der Waals surface area contributed by atoms with E-state index in [9.17, 15) is 50.1 Å². The molecule has 131 heavy (non-hydrogen) atoms. The minimum absolute atomic E-state index is 0.00259. The number of H-pyrrole nitrogens is 2. The lowest BCUT2D eigenvalue weighted by molar-refractivity contribution is 0.112. The summed E-state index contributed by atoms with van der Waals surface area (Å²) < 4.78 is 159. The van der Waals surface area contributed by atoms with Crippen LogP contribution in [0.15, 0.2) is 259 Å². The fraction of sp³-hybridized carbons (Fsp3) is 0.245. The minimum atomic E-state index is -2.22. The molecule has 16 rings (SSSR count). The number of hydrogen-bond donors (Lipinski definition) is 5. The molecule has 0 bridgehead atoms. The van der Waals surface area contributed by atoms with Gasteiger partial charge in [0.1, 0.15) is 89.5 Å². The number of fused-ring (bicyclic) bond motifs is 4. The van der Waals surface area contributed by atoms with E-state index in [1.54, 1.807) is 43.1 Å². The van der Waals surface area contributed by atoms with Gasteiger partial charge in [-0.3, -0.25) is 4.79 Å². The van der Waals surface area contributed by atoms with Gasteiger partial charge in [0.05, 0.1) is 8.95 Å². The number of aliphatic hydroxyl groups is 2. The summed E-state index contributed by atoms with van der Waals surface area (Å²) in [5, 5.41) is 33.9. The molecule has 0 amide bonds. The molecule has 0 spiro atoms. The SMILES string of the molecule is CC(C)[Si](C(C)C)(C(C)C)n1cc(C(O)c2cc(F)c(OCc3ccccc3)cc2F)c2cccnc21.CC(C)[Si](C(C)C)(C(C)C)n1cc(C=O)c2cccnc21.Cc1cc(F)c(Br)cc1F.Fc1cc(OCc2ccccc2)c(F)cc1Cc1c[nH]c2ncccc12.OC(c1cc(F)c(OCc2ccccc2)cc1F)c1c[nH]c2ncccc12.Oc1cc(F)c(Br)cc1F. The molecule has 0 saturated carbocycles. The molecule has 684 valence electrons. The highest BCUT2D eigenvalue weighted by Gasteiger charge is 2.48. The summed E-state index contributed by atoms with van der Waals surface area (Å²) in [6.07, 6.45) is 12.7. The van der Waals surface area contributed by atoms with E-state index in [4.69, 9.17) is 24.3 Å². The molecule has 0 radical (unpaired) electrons. The van der Waals surface area contributed by atoms with Crippen molar-refractivity contribution < 1.29 is 78.2 Å². The monoisotopic (exact) mass is 1950 g/mol. The zero-order valence-electron chi connectivity index (χ0n) is 74.4. The molecule has 0 fully saturated rings. The average molecular weight is 1960 g/mol. The van der Waals surface area contributed by atoms with Gasteiger partial charge in [-0.1, -0.05) is 174 Å². The number of carbonyl (C=O) groups excluding carboxylic acids is 1. The lowest BCUT2D eigenvalue weighted by atomic mass is 10.0. The molecule has 5 N–H and O–H groups in total. The van der Waals surface area contributed by atoms with Crippen LogP contribution in [0.2, 0.25) is 33.2 Å². The second kappa shape index (κ2) is 44.7. The van der Waals surface area contributed by atoms with Crippen LogP contribution in [-0.2, 0) is 26.2 Å². The van der Waals surface area contributed by atoms with Crippen molar-refractivity contribution >= 4 is 98.8 Å². The van der Waals surface area contributed by atoms with Crippen molar-refractivity contribution in [3.05, 3.63) is 378 Å². The number of ether oxygens (including phenoxy) is 3. The number of carbonyl (C=O) groups is 1. The molecule has 8 heterocycles. The van der Waals surface area contributed by atoms with E-state index in [0.717, 1.165) is 116 Å². The number of rotatable bonds is 24. The summed E-state index contributed by atoms with van der Waals surface area (Å²) in [6.45, 7) is 29.4. The quantitative estimate of drug-likeness (QED) is 0.0167. The molecule has 29 heteroatoms. The van der Waals surface area contributed by atoms with Gasteiger partial charge in [0, 0.05) is 130 Å². The topological polar surface area (TPSA) is 198 Å². The van der Waals surface area contributed by atoms with Crippen molar-refractivity contribution in [1.82, 2.24) is 38.4 Å². The van der Waals surface area contributed by atoms with Gasteiger partial charge in [-0.25, -0.2) is 63.8 Å². The fourth-order valence-corrected chi connectivity index (χ4v) is 31.3. The highest BCUT2D eigenvalue weighted by atomic mass is 79.9. The first-order valence-electron chi connectivity index (χ1n) is 42.5. The number of nitrogens with one attached hydrogen (secondary N) is 2. The molecular formula is C102H102Br2F10N8O7Si2. The van der Waals surface area contributed by atoms with Gasteiger partial charge in [0.25, 0.3) is 0 Å². The molecular weight excluding hydrogens is 1860 g/mol. The van der Waals surface area contributed by atoms with Crippen molar-refractivity contribution in [3.63, 3.8) is 0 Å². The number of aromatic hydroxyl groups is 1. The fourth-order valence-electron chi connectivity index (χ4n) is 17.5. The van der Waals surface area contributed by atoms with E-state index in [0.29, 0.717) is 67.0 Å². The number of aldehydes is 1. The Morgan fingerprint density at radius 2 is 0.763 bits per heavy atom. The third-order valence-corrected chi connectivity index (χ3v) is 38.0. The van der Waals surface area contributed by atoms with E-state index in [1.807, 2.05) is 140 Å². The molecule has 0 aliphatic carbocycles. The Morgan fingerprint density at radius 1 is 0.382 bits per heavy atom. The Bertz CT molecular complexity index is 6370. The van der Waals surface area contributed by atoms with Crippen LogP contribution >= 0.6 is 31.9 Å². The predicted octanol–water partition coefficient (Wildman–Crippen LogP) is 27.9. The van der Waals surface area contributed by atoms with Gasteiger partial charge in [0.15, 0.2) is 69.0 Å². The number of phenolic OH excluding ortho intramolecular Hbond substituents is 1. The Balaban J connectivity index is 0.000000159. The number of pyridine rings is 4. The average Bonchev–Trinajstić information content (AvgIpc) is 1.62. The number of halogens is 12. The zero-order valence-corrected chi connectivity index (χ0v) is 79.6. The van der Waals surface area contributed by atoms with Gasteiger partial charge in [-0.05, 0) is 190 Å². The number of nitrogens with zero attached hydrogens (tertiary/aromatic N) is 6. The standard InChI is InChI=1S/C30H36F2N2O2Si.C21H16F2N2O2.C21H16F2N2O.C17H26N2OSi.C7H5BrF2.C6H3BrF2O/c1-19(2)37(20(3)4,21(5)6)34-17-25(23-13-10-14-33-30(23)34)29(35)24-15-27(32)28(16-26(24)31)36-18-22-11-8-7-9-12-22;22-17-10-19(27-12-13-5-2-1-3-6-13)18(23)9-15(17)20(26)16-11-25-21-14(16)7-4-8-24-21;22-18-11-20(26-13-14-5-2-1-3-6-14)19(23)10-15(18)9-16-12-25-21-17(16)7-4-8-24-21;1-12(2)21(13(3)4,14(5)6)19-10-15(11-20)16-8-7-9-18-17(16)19;1-4-2-7(10)5(8)3-6(4)9;7-3-1-5(9)6(10)2-4(3)8/h7-17,19-21,29,35H,18H2,1-6H3;1-11,20,26H,12H2,(H,24,25);1-8,10-12H,9,13H2,(H,24,25);7-14H,1-6H3;2-3H,1H3;1-2,10H. The van der Waals surface area contributed by atoms with Crippen molar-refractivity contribution in [2.45, 2.75) is 162 Å². The Hall–Kier alpha value is -12.0. The maximum absolute atomic E-state index is 15.3. The third-order valence-electron chi connectivity index (χ3n) is 23.4. The van der Waals surface area contributed by atoms with Crippen molar-refractivity contribution in [1.29, 1.82) is 0 Å². The van der Waals surface area contributed by atoms with E-state index >= 15 is 8.78 Å². The first kappa shape index (κ1) is 99.6. The third kappa shape index (κ3) is 23.0. The summed E-state index contributed by atoms with van der Waals surface area (Å²) in [5.74, 6) is -7.49. The lowest BCUT2D eigenvalue weighted by Crippen LogP contribution is -2.51. The van der Waals surface area contributed by atoms with Crippen LogP contribution in [0.5, 0.6) is 23.0 Å². The van der Waals surface area contributed by atoms with E-state index in [1.165, 1.54) is 13.0 Å². The molecule has 8 aromatic carbocycles. The van der Waals surface area contributed by atoms with Crippen LogP contribution < -0.4 is 14.2 Å². The largest absolute Gasteiger partial charge is 0.505 e. The number of phenols is 1. The van der Waals surface area contributed by atoms with E-state index in [2.05, 4.69) is 155 Å². The van der Waals surface area contributed by atoms with Gasteiger partial charge in [0.2, 0.25) is 0 Å². The number of aromatic nitrogens is 8. The number of aromatic amines is 2. The number of hydrogen-bond acceptors (Lipinski definition) is 11. The molecule has 0 aliphatic heterocycles. The lowest BCUT2D eigenvalue weighted by Gasteiger charge is -2.44. The molecule has 0 aliphatic rings. The molecule has 2 atom stereocenters. The Morgan fingerprint density at radius 3 is 1.21 bits per heavy atom. The first-order chi connectivity index (χ1) is 62.5. The van der Waals surface area contributed by atoms with E-state index in [-0.39, 0.29) is 69.1 Å². The van der Waals surface area contributed by atoms with Crippen LogP contribution in [0.25, 0.3) is 44.1 Å². The van der Waals surface area contributed by atoms with Crippen molar-refractivity contribution in [2.75, 3.05) is 0 Å². The molecule has 2 unspecified atom stereocenters. The number of aliphatic hydroxyl groups excluding tert-OH is 2. The summed E-state index contributed by atoms with van der Waals surface area (Å²) >= 11 is 5.62. The predicted molar refractivity (Wildman–Crippen MR) is 507 cm³/mol. The number of benzene rings is 8. The zero-order chi connectivity index (χ0) is 94.9. The van der Waals surface area contributed by atoms with Crippen LogP contribution in [0.4, 0.5) is 43.9 Å². The van der Waals surface area contributed by atoms with Crippen LogP contribution in [-0.4, -0.2) is 76.4 Å².